The van der Waals surface area contributed by atoms with Crippen molar-refractivity contribution in [3.63, 3.8) is 0 Å². The summed E-state index contributed by atoms with van der Waals surface area (Å²) in [7, 11) is 0. The number of pyridine rings is 1. The predicted molar refractivity (Wildman–Crippen MR) is 116 cm³/mol. The normalized spacial score (nSPS) is 12.4. The highest BCUT2D eigenvalue weighted by molar-refractivity contribution is 7.14. The number of nitrogens with zero attached hydrogens (tertiary/aromatic N) is 4. The van der Waals surface area contributed by atoms with Gasteiger partial charge in [-0.25, -0.2) is 0 Å². The SMILES string of the molecule is Cc1c(-c2cccc(CC(C)c3nnc(-c4cccnc4)s3)c2)noc1C(C)C. The molecule has 0 fully saturated rings. The highest BCUT2D eigenvalue weighted by Gasteiger charge is 2.18. The van der Waals surface area contributed by atoms with Crippen molar-refractivity contribution in [2.75, 3.05) is 0 Å². The maximum atomic E-state index is 5.57. The molecule has 3 heterocycles. The van der Waals surface area contributed by atoms with E-state index in [9.17, 15) is 0 Å². The molecule has 0 saturated carbocycles. The predicted octanol–water partition coefficient (Wildman–Crippen LogP) is 6.03. The standard InChI is InChI=1S/C23H24N4OS/c1-14(2)21-16(4)20(27-28-21)18-8-5-7-17(12-18)11-15(3)22-25-26-23(29-22)19-9-6-10-24-13-19/h5-10,12-15H,11H2,1-4H3. The molecule has 0 spiro atoms. The molecule has 1 aromatic carbocycles. The van der Waals surface area contributed by atoms with Crippen LogP contribution in [0.2, 0.25) is 0 Å². The fourth-order valence-electron chi connectivity index (χ4n) is 3.48. The van der Waals surface area contributed by atoms with E-state index in [-0.39, 0.29) is 5.92 Å². The molecule has 0 aliphatic carbocycles. The number of rotatable bonds is 6. The molecule has 6 heteroatoms. The van der Waals surface area contributed by atoms with Crippen LogP contribution in [0.25, 0.3) is 21.8 Å². The summed E-state index contributed by atoms with van der Waals surface area (Å²) in [6, 6.07) is 12.5. The van der Waals surface area contributed by atoms with Crippen LogP contribution in [0.5, 0.6) is 0 Å². The van der Waals surface area contributed by atoms with Gasteiger partial charge in [0.2, 0.25) is 0 Å². The molecule has 5 nitrogen and oxygen atoms in total. The molecule has 0 aliphatic rings. The van der Waals surface area contributed by atoms with E-state index in [1.807, 2.05) is 18.3 Å². The molecule has 0 aliphatic heterocycles. The van der Waals surface area contributed by atoms with E-state index in [0.717, 1.165) is 44.6 Å². The maximum absolute atomic E-state index is 5.57. The van der Waals surface area contributed by atoms with Gasteiger partial charge in [-0.3, -0.25) is 4.98 Å². The maximum Gasteiger partial charge on any atom is 0.149 e. The average molecular weight is 405 g/mol. The third-order valence-electron chi connectivity index (χ3n) is 5.00. The molecule has 3 aromatic heterocycles. The largest absolute Gasteiger partial charge is 0.360 e. The van der Waals surface area contributed by atoms with E-state index in [1.54, 1.807) is 17.5 Å². The van der Waals surface area contributed by atoms with Crippen molar-refractivity contribution in [3.05, 3.63) is 70.7 Å². The summed E-state index contributed by atoms with van der Waals surface area (Å²) in [5.74, 6) is 1.55. The summed E-state index contributed by atoms with van der Waals surface area (Å²) < 4.78 is 5.57. The third-order valence-corrected chi connectivity index (χ3v) is 6.20. The second-order valence-corrected chi connectivity index (χ2v) is 8.68. The number of aromatic nitrogens is 4. The van der Waals surface area contributed by atoms with Gasteiger partial charge < -0.3 is 4.52 Å². The molecule has 148 valence electrons. The lowest BCUT2D eigenvalue weighted by molar-refractivity contribution is 0.371. The lowest BCUT2D eigenvalue weighted by Gasteiger charge is -2.09. The molecule has 0 amide bonds. The average Bonchev–Trinajstić information content (AvgIpc) is 3.36. The van der Waals surface area contributed by atoms with Crippen molar-refractivity contribution in [2.45, 2.75) is 46.0 Å². The Bertz CT molecular complexity index is 1100. The number of benzene rings is 1. The molecule has 0 saturated heterocycles. The first-order valence-electron chi connectivity index (χ1n) is 9.82. The molecule has 29 heavy (non-hydrogen) atoms. The van der Waals surface area contributed by atoms with Crippen molar-refractivity contribution < 1.29 is 4.52 Å². The monoisotopic (exact) mass is 404 g/mol. The van der Waals surface area contributed by atoms with Crippen LogP contribution in [-0.4, -0.2) is 20.3 Å². The van der Waals surface area contributed by atoms with Crippen LogP contribution in [0.15, 0.2) is 53.3 Å². The molecule has 1 unspecified atom stereocenters. The minimum Gasteiger partial charge on any atom is -0.360 e. The summed E-state index contributed by atoms with van der Waals surface area (Å²) in [4.78, 5) is 4.17. The molecule has 0 bridgehead atoms. The van der Waals surface area contributed by atoms with Gasteiger partial charge in [-0.2, -0.15) is 0 Å². The van der Waals surface area contributed by atoms with Gasteiger partial charge in [0.05, 0.1) is 0 Å². The fourth-order valence-corrected chi connectivity index (χ4v) is 4.37. The third kappa shape index (κ3) is 4.12. The first kappa shape index (κ1) is 19.5. The van der Waals surface area contributed by atoms with Crippen LogP contribution in [0, 0.1) is 6.92 Å². The Morgan fingerprint density at radius 3 is 2.59 bits per heavy atom. The second kappa shape index (κ2) is 8.25. The van der Waals surface area contributed by atoms with Gasteiger partial charge in [-0.05, 0) is 37.1 Å². The summed E-state index contributed by atoms with van der Waals surface area (Å²) in [5.41, 5.74) is 5.40. The molecule has 1 atom stereocenters. The van der Waals surface area contributed by atoms with Crippen LogP contribution in [0.1, 0.15) is 54.5 Å². The summed E-state index contributed by atoms with van der Waals surface area (Å²) in [6.45, 7) is 8.52. The topological polar surface area (TPSA) is 64.7 Å². The molecule has 4 rings (SSSR count). The Morgan fingerprint density at radius 2 is 1.86 bits per heavy atom. The molecular formula is C23H24N4OS. The van der Waals surface area contributed by atoms with Crippen molar-refractivity contribution >= 4 is 11.3 Å². The summed E-state index contributed by atoms with van der Waals surface area (Å²) in [5, 5.41) is 15.0. The Balaban J connectivity index is 1.53. The molecule has 0 radical (unpaired) electrons. The lowest BCUT2D eigenvalue weighted by atomic mass is 9.97. The van der Waals surface area contributed by atoms with Crippen LogP contribution in [-0.2, 0) is 6.42 Å². The molecule has 0 N–H and O–H groups in total. The number of hydrogen-bond donors (Lipinski definition) is 0. The minimum atomic E-state index is 0.276. The van der Waals surface area contributed by atoms with E-state index >= 15 is 0 Å². The van der Waals surface area contributed by atoms with Crippen molar-refractivity contribution in [1.29, 1.82) is 0 Å². The van der Waals surface area contributed by atoms with Gasteiger partial charge >= 0.3 is 0 Å². The Labute approximate surface area is 174 Å². The summed E-state index contributed by atoms with van der Waals surface area (Å²) in [6.07, 6.45) is 4.48. The lowest BCUT2D eigenvalue weighted by Crippen LogP contribution is -1.98. The number of hydrogen-bond acceptors (Lipinski definition) is 6. The Kier molecular flexibility index (Phi) is 5.53. The smallest absolute Gasteiger partial charge is 0.149 e. The molecular weight excluding hydrogens is 380 g/mol. The van der Waals surface area contributed by atoms with Crippen LogP contribution < -0.4 is 0 Å². The van der Waals surface area contributed by atoms with Gasteiger partial charge in [0, 0.05) is 40.9 Å². The van der Waals surface area contributed by atoms with E-state index in [2.05, 4.69) is 72.3 Å². The van der Waals surface area contributed by atoms with E-state index < -0.39 is 0 Å². The zero-order valence-corrected chi connectivity index (χ0v) is 17.9. The highest BCUT2D eigenvalue weighted by atomic mass is 32.1. The van der Waals surface area contributed by atoms with Gasteiger partial charge in [-0.15, -0.1) is 10.2 Å². The van der Waals surface area contributed by atoms with E-state index in [0.29, 0.717) is 5.92 Å². The van der Waals surface area contributed by atoms with Crippen LogP contribution in [0.4, 0.5) is 0 Å². The summed E-state index contributed by atoms with van der Waals surface area (Å²) >= 11 is 1.63. The van der Waals surface area contributed by atoms with Crippen molar-refractivity contribution in [3.8, 4) is 21.8 Å². The van der Waals surface area contributed by atoms with Gasteiger partial charge in [0.15, 0.2) is 0 Å². The fraction of sp³-hybridized carbons (Fsp3) is 0.304. The van der Waals surface area contributed by atoms with Gasteiger partial charge in [-0.1, -0.05) is 55.5 Å². The second-order valence-electron chi connectivity index (χ2n) is 7.67. The first-order valence-corrected chi connectivity index (χ1v) is 10.6. The van der Waals surface area contributed by atoms with Crippen molar-refractivity contribution in [1.82, 2.24) is 20.3 Å². The van der Waals surface area contributed by atoms with Gasteiger partial charge in [0.25, 0.3) is 0 Å². The van der Waals surface area contributed by atoms with Crippen LogP contribution in [0.3, 0.4) is 0 Å². The van der Waals surface area contributed by atoms with E-state index in [1.165, 1.54) is 5.56 Å². The van der Waals surface area contributed by atoms with Crippen molar-refractivity contribution in [2.24, 2.45) is 0 Å². The Hall–Kier alpha value is -2.86. The highest BCUT2D eigenvalue weighted by Crippen LogP contribution is 2.32. The quantitative estimate of drug-likeness (QED) is 0.392. The van der Waals surface area contributed by atoms with Gasteiger partial charge in [0.1, 0.15) is 21.5 Å². The minimum absolute atomic E-state index is 0.276. The first-order chi connectivity index (χ1) is 14.0. The molecule has 4 aromatic rings. The Morgan fingerprint density at radius 1 is 1.03 bits per heavy atom. The van der Waals surface area contributed by atoms with Crippen LogP contribution >= 0.6 is 11.3 Å². The van der Waals surface area contributed by atoms with E-state index in [4.69, 9.17) is 4.52 Å². The zero-order valence-electron chi connectivity index (χ0n) is 17.1. The zero-order chi connectivity index (χ0) is 20.4.